The number of rotatable bonds is 1. The molecule has 172 valence electrons. The third-order valence-electron chi connectivity index (χ3n) is 9.16. The average molecular weight is 446 g/mol. The Morgan fingerprint density at radius 2 is 1.97 bits per heavy atom. The van der Waals surface area contributed by atoms with E-state index >= 15 is 0 Å². The SMILES string of the molecule is CC#C[C@@]1(O)CC[C@H]2[C@@H]3CCC4=C/C(=N\O)CCC4=C3[C@@H](c3ccc4c(c3)OCO4)C[C@@]21C. The van der Waals surface area contributed by atoms with Crippen LogP contribution in [0.4, 0.5) is 0 Å². The summed E-state index contributed by atoms with van der Waals surface area (Å²) < 4.78 is 11.3. The van der Waals surface area contributed by atoms with E-state index in [1.165, 1.54) is 16.7 Å². The van der Waals surface area contributed by atoms with Crippen molar-refractivity contribution in [3.05, 3.63) is 46.6 Å². The highest BCUT2D eigenvalue weighted by Crippen LogP contribution is 2.66. The van der Waals surface area contributed by atoms with Crippen LogP contribution in [0.3, 0.4) is 0 Å². The quantitative estimate of drug-likeness (QED) is 0.348. The maximum absolute atomic E-state index is 11.8. The minimum absolute atomic E-state index is 0.195. The lowest BCUT2D eigenvalue weighted by Gasteiger charge is -2.53. The smallest absolute Gasteiger partial charge is 0.231 e. The lowest BCUT2D eigenvalue weighted by molar-refractivity contribution is -0.0513. The number of hydrogen-bond acceptors (Lipinski definition) is 5. The van der Waals surface area contributed by atoms with Gasteiger partial charge in [0, 0.05) is 11.3 Å². The van der Waals surface area contributed by atoms with Gasteiger partial charge in [0.15, 0.2) is 11.5 Å². The Morgan fingerprint density at radius 3 is 2.79 bits per heavy atom. The van der Waals surface area contributed by atoms with Crippen LogP contribution in [0, 0.1) is 29.1 Å². The van der Waals surface area contributed by atoms with Crippen LogP contribution >= 0.6 is 0 Å². The van der Waals surface area contributed by atoms with E-state index in [0.717, 1.165) is 62.2 Å². The van der Waals surface area contributed by atoms with Crippen LogP contribution < -0.4 is 9.47 Å². The molecule has 0 spiro atoms. The third kappa shape index (κ3) is 2.93. The number of allylic oxidation sites excluding steroid dienone is 4. The van der Waals surface area contributed by atoms with E-state index in [2.05, 4.69) is 42.1 Å². The molecule has 2 saturated carbocycles. The predicted octanol–water partition coefficient (Wildman–Crippen LogP) is 5.33. The number of hydrogen-bond donors (Lipinski definition) is 2. The molecule has 0 saturated heterocycles. The summed E-state index contributed by atoms with van der Waals surface area (Å²) in [5.41, 5.74) is 5.13. The van der Waals surface area contributed by atoms with Gasteiger partial charge < -0.3 is 19.8 Å². The predicted molar refractivity (Wildman–Crippen MR) is 125 cm³/mol. The molecule has 1 aliphatic heterocycles. The Morgan fingerprint density at radius 1 is 1.12 bits per heavy atom. The summed E-state index contributed by atoms with van der Waals surface area (Å²) in [6, 6.07) is 6.34. The zero-order valence-electron chi connectivity index (χ0n) is 19.4. The van der Waals surface area contributed by atoms with Crippen LogP contribution in [0.2, 0.25) is 0 Å². The van der Waals surface area contributed by atoms with Crippen LogP contribution in [-0.2, 0) is 0 Å². The van der Waals surface area contributed by atoms with Crippen molar-refractivity contribution < 1.29 is 19.8 Å². The molecule has 1 aromatic carbocycles. The van der Waals surface area contributed by atoms with Crippen molar-refractivity contribution in [1.82, 2.24) is 0 Å². The molecule has 0 radical (unpaired) electrons. The number of fused-ring (bicyclic) bond motifs is 5. The molecular weight excluding hydrogens is 414 g/mol. The normalized spacial score (nSPS) is 37.6. The monoisotopic (exact) mass is 445 g/mol. The van der Waals surface area contributed by atoms with Crippen LogP contribution in [0.25, 0.3) is 0 Å². The van der Waals surface area contributed by atoms with Crippen LogP contribution in [0.15, 0.2) is 46.2 Å². The Kier molecular flexibility index (Phi) is 4.68. The van der Waals surface area contributed by atoms with Crippen molar-refractivity contribution in [2.24, 2.45) is 22.4 Å². The number of benzene rings is 1. The van der Waals surface area contributed by atoms with Gasteiger partial charge in [-0.3, -0.25) is 0 Å². The van der Waals surface area contributed by atoms with Gasteiger partial charge in [0.25, 0.3) is 0 Å². The molecular formula is C28H31NO4. The van der Waals surface area contributed by atoms with E-state index in [0.29, 0.717) is 11.8 Å². The number of nitrogens with zero attached hydrogens (tertiary/aromatic N) is 1. The van der Waals surface area contributed by atoms with E-state index in [1.807, 2.05) is 13.0 Å². The van der Waals surface area contributed by atoms with Crippen molar-refractivity contribution in [2.45, 2.75) is 70.3 Å². The molecule has 2 fully saturated rings. The second kappa shape index (κ2) is 7.40. The molecule has 5 atom stereocenters. The molecule has 5 nitrogen and oxygen atoms in total. The second-order valence-corrected chi connectivity index (χ2v) is 10.5. The fraction of sp³-hybridized carbons (Fsp3) is 0.536. The molecule has 1 heterocycles. The average Bonchev–Trinajstić information content (AvgIpc) is 3.40. The summed E-state index contributed by atoms with van der Waals surface area (Å²) in [7, 11) is 0. The standard InChI is InChI=1S/C28H31NO4/c1-3-11-28(30)12-10-23-21-7-4-17-13-19(29-31)6-8-20(17)26(21)22(15-27(23,28)2)18-5-9-24-25(14-18)33-16-32-24/h5,9,13-14,21-23,30-31H,4,6-8,10,12,15-16H2,1-2H3/b29-19-/t21-,22+,23-,27-,28+/m0/s1. The van der Waals surface area contributed by atoms with Gasteiger partial charge in [-0.2, -0.15) is 0 Å². The summed E-state index contributed by atoms with van der Waals surface area (Å²) >= 11 is 0. The van der Waals surface area contributed by atoms with Gasteiger partial charge >= 0.3 is 0 Å². The first-order valence-electron chi connectivity index (χ1n) is 12.2. The molecule has 5 heteroatoms. The number of ether oxygens (including phenoxy) is 2. The maximum atomic E-state index is 11.8. The highest BCUT2D eigenvalue weighted by atomic mass is 16.7. The van der Waals surface area contributed by atoms with Gasteiger partial charge in [0.2, 0.25) is 6.79 Å². The molecule has 0 aromatic heterocycles. The highest BCUT2D eigenvalue weighted by Gasteiger charge is 2.62. The summed E-state index contributed by atoms with van der Waals surface area (Å²) in [4.78, 5) is 0. The minimum atomic E-state index is -0.948. The largest absolute Gasteiger partial charge is 0.454 e. The molecule has 4 aliphatic carbocycles. The summed E-state index contributed by atoms with van der Waals surface area (Å²) in [5.74, 6) is 8.92. The lowest BCUT2D eigenvalue weighted by atomic mass is 9.51. The Bertz CT molecular complexity index is 1170. The van der Waals surface area contributed by atoms with Gasteiger partial charge in [-0.15, -0.1) is 5.92 Å². The molecule has 33 heavy (non-hydrogen) atoms. The molecule has 0 unspecified atom stereocenters. The lowest BCUT2D eigenvalue weighted by Crippen LogP contribution is -2.51. The fourth-order valence-electron chi connectivity index (χ4n) is 7.60. The first kappa shape index (κ1) is 20.9. The van der Waals surface area contributed by atoms with E-state index in [1.54, 1.807) is 5.57 Å². The van der Waals surface area contributed by atoms with E-state index in [4.69, 9.17) is 9.47 Å². The number of aliphatic hydroxyl groups is 1. The van der Waals surface area contributed by atoms with Crippen molar-refractivity contribution in [3.8, 4) is 23.3 Å². The minimum Gasteiger partial charge on any atom is -0.454 e. The van der Waals surface area contributed by atoms with Gasteiger partial charge in [0.05, 0.1) is 5.71 Å². The molecule has 1 aromatic rings. The highest BCUT2D eigenvalue weighted by molar-refractivity contribution is 5.97. The molecule has 0 amide bonds. The second-order valence-electron chi connectivity index (χ2n) is 10.5. The Labute approximate surface area is 195 Å². The van der Waals surface area contributed by atoms with E-state index in [-0.39, 0.29) is 18.1 Å². The number of oxime groups is 1. The van der Waals surface area contributed by atoms with Gasteiger partial charge in [0.1, 0.15) is 5.60 Å². The van der Waals surface area contributed by atoms with Crippen molar-refractivity contribution in [2.75, 3.05) is 6.79 Å². The molecule has 2 N–H and O–H groups in total. The van der Waals surface area contributed by atoms with Crippen LogP contribution in [-0.4, -0.2) is 28.4 Å². The topological polar surface area (TPSA) is 71.3 Å². The third-order valence-corrected chi connectivity index (χ3v) is 9.16. The van der Waals surface area contributed by atoms with Gasteiger partial charge in [-0.25, -0.2) is 0 Å². The van der Waals surface area contributed by atoms with Gasteiger partial charge in [-0.1, -0.05) is 29.6 Å². The molecule has 5 aliphatic rings. The van der Waals surface area contributed by atoms with Crippen molar-refractivity contribution >= 4 is 5.71 Å². The van der Waals surface area contributed by atoms with Crippen molar-refractivity contribution in [3.63, 3.8) is 0 Å². The Balaban J connectivity index is 1.53. The first-order chi connectivity index (χ1) is 16.0. The Hall–Kier alpha value is -2.71. The van der Waals surface area contributed by atoms with Crippen LogP contribution in [0.5, 0.6) is 11.5 Å². The zero-order valence-corrected chi connectivity index (χ0v) is 19.4. The summed E-state index contributed by atoms with van der Waals surface area (Å²) in [6.45, 7) is 4.38. The van der Waals surface area contributed by atoms with Gasteiger partial charge in [-0.05, 0) is 98.6 Å². The maximum Gasteiger partial charge on any atom is 0.231 e. The van der Waals surface area contributed by atoms with E-state index < -0.39 is 5.60 Å². The van der Waals surface area contributed by atoms with Crippen LogP contribution in [0.1, 0.15) is 70.3 Å². The molecule has 0 bridgehead atoms. The summed E-state index contributed by atoms with van der Waals surface area (Å²) in [6.07, 6.45) is 8.48. The van der Waals surface area contributed by atoms with Crippen molar-refractivity contribution in [1.29, 1.82) is 0 Å². The first-order valence-corrected chi connectivity index (χ1v) is 12.2. The van der Waals surface area contributed by atoms with E-state index in [9.17, 15) is 10.3 Å². The fourth-order valence-corrected chi connectivity index (χ4v) is 7.60. The zero-order chi connectivity index (χ0) is 22.8. The summed E-state index contributed by atoms with van der Waals surface area (Å²) in [5, 5.41) is 24.6. The molecule has 6 rings (SSSR count).